The lowest BCUT2D eigenvalue weighted by molar-refractivity contribution is 0.102. The van der Waals surface area contributed by atoms with E-state index in [9.17, 15) is 14.0 Å². The van der Waals surface area contributed by atoms with E-state index in [0.29, 0.717) is 40.9 Å². The predicted molar refractivity (Wildman–Crippen MR) is 125 cm³/mol. The molecule has 8 heteroatoms. The Morgan fingerprint density at radius 3 is 2.34 bits per heavy atom. The molecule has 0 unspecified atom stereocenters. The zero-order chi connectivity index (χ0) is 22.7. The van der Waals surface area contributed by atoms with Crippen LogP contribution in [-0.2, 0) is 6.54 Å². The summed E-state index contributed by atoms with van der Waals surface area (Å²) in [6.45, 7) is 1.67. The lowest BCUT2D eigenvalue weighted by Crippen LogP contribution is -2.49. The molecule has 3 aromatic carbocycles. The zero-order valence-electron chi connectivity index (χ0n) is 17.0. The fourth-order valence-corrected chi connectivity index (χ4v) is 3.84. The molecule has 164 valence electrons. The third-order valence-corrected chi connectivity index (χ3v) is 5.96. The molecule has 0 bridgehead atoms. The number of nitrogens with zero attached hydrogens (tertiary/aromatic N) is 2. The third-order valence-electron chi connectivity index (χ3n) is 5.22. The van der Waals surface area contributed by atoms with E-state index < -0.39 is 0 Å². The van der Waals surface area contributed by atoms with Gasteiger partial charge in [-0.2, -0.15) is 0 Å². The number of rotatable bonds is 5. The number of halogens is 3. The molecule has 0 aliphatic carbocycles. The molecule has 3 amide bonds. The Balaban J connectivity index is 1.42. The molecule has 1 N–H and O–H groups in total. The maximum Gasteiger partial charge on any atom is 0.324 e. The Labute approximate surface area is 195 Å². The Morgan fingerprint density at radius 1 is 0.938 bits per heavy atom. The van der Waals surface area contributed by atoms with Crippen molar-refractivity contribution in [2.45, 2.75) is 13.0 Å². The summed E-state index contributed by atoms with van der Waals surface area (Å²) < 4.78 is 13.1. The second-order valence-electron chi connectivity index (χ2n) is 7.47. The number of hydrogen-bond donors (Lipinski definition) is 1. The first-order valence-electron chi connectivity index (χ1n) is 10.1. The number of carbonyl (C=O) groups excluding carboxylic acids is 2. The monoisotopic (exact) mass is 471 g/mol. The Bertz CT molecular complexity index is 1140. The molecule has 5 nitrogen and oxygen atoms in total. The summed E-state index contributed by atoms with van der Waals surface area (Å²) in [4.78, 5) is 28.9. The first-order chi connectivity index (χ1) is 15.4. The standard InChI is InChI=1S/C24H20Cl2FN3O2/c25-21-11-4-17(14-22(21)26)23(31)28-19-7-9-20(10-8-19)30-13-1-12-29(24(30)32)15-16-2-5-18(27)6-3-16/h2-11,14H,1,12-13,15H2,(H,28,31). The minimum Gasteiger partial charge on any atom is -0.322 e. The van der Waals surface area contributed by atoms with Crippen molar-refractivity contribution in [2.24, 2.45) is 0 Å². The molecule has 1 heterocycles. The van der Waals surface area contributed by atoms with Crippen molar-refractivity contribution < 1.29 is 14.0 Å². The Hall–Kier alpha value is -3.09. The van der Waals surface area contributed by atoms with Gasteiger partial charge < -0.3 is 10.2 Å². The van der Waals surface area contributed by atoms with Crippen LogP contribution >= 0.6 is 23.2 Å². The van der Waals surface area contributed by atoms with Gasteiger partial charge in [0.15, 0.2) is 0 Å². The largest absolute Gasteiger partial charge is 0.324 e. The maximum atomic E-state index is 13.1. The van der Waals surface area contributed by atoms with Crippen molar-refractivity contribution in [1.82, 2.24) is 4.90 Å². The van der Waals surface area contributed by atoms with E-state index in [4.69, 9.17) is 23.2 Å². The number of urea groups is 1. The lowest BCUT2D eigenvalue weighted by atomic mass is 10.1. The van der Waals surface area contributed by atoms with E-state index in [1.807, 2.05) is 0 Å². The van der Waals surface area contributed by atoms with Crippen LogP contribution in [0, 0.1) is 5.82 Å². The van der Waals surface area contributed by atoms with Crippen LogP contribution in [0.3, 0.4) is 0 Å². The van der Waals surface area contributed by atoms with Gasteiger partial charge in [0, 0.05) is 36.6 Å². The molecule has 0 saturated carbocycles. The van der Waals surface area contributed by atoms with Crippen LogP contribution in [0.5, 0.6) is 0 Å². The van der Waals surface area contributed by atoms with Gasteiger partial charge in [0.1, 0.15) is 5.82 Å². The van der Waals surface area contributed by atoms with Gasteiger partial charge in [-0.15, -0.1) is 0 Å². The van der Waals surface area contributed by atoms with E-state index in [1.54, 1.807) is 58.3 Å². The smallest absolute Gasteiger partial charge is 0.322 e. The highest BCUT2D eigenvalue weighted by Gasteiger charge is 2.26. The van der Waals surface area contributed by atoms with E-state index >= 15 is 0 Å². The summed E-state index contributed by atoms with van der Waals surface area (Å²) in [7, 11) is 0. The molecule has 1 fully saturated rings. The van der Waals surface area contributed by atoms with Gasteiger partial charge in [0.05, 0.1) is 10.0 Å². The summed E-state index contributed by atoms with van der Waals surface area (Å²) in [6, 6.07) is 17.8. The summed E-state index contributed by atoms with van der Waals surface area (Å²) >= 11 is 11.9. The quantitative estimate of drug-likeness (QED) is 0.480. The van der Waals surface area contributed by atoms with Gasteiger partial charge in [-0.3, -0.25) is 9.69 Å². The van der Waals surface area contributed by atoms with Gasteiger partial charge in [-0.05, 0) is 66.6 Å². The summed E-state index contributed by atoms with van der Waals surface area (Å²) in [5.74, 6) is -0.609. The number of amides is 3. The summed E-state index contributed by atoms with van der Waals surface area (Å²) in [5, 5.41) is 3.50. The third kappa shape index (κ3) is 5.03. The molecule has 1 saturated heterocycles. The number of carbonyl (C=O) groups is 2. The molecular formula is C24H20Cl2FN3O2. The van der Waals surface area contributed by atoms with Crippen molar-refractivity contribution in [3.63, 3.8) is 0 Å². The minimum atomic E-state index is -0.309. The van der Waals surface area contributed by atoms with E-state index in [0.717, 1.165) is 17.7 Å². The maximum absolute atomic E-state index is 13.1. The van der Waals surface area contributed by atoms with Crippen molar-refractivity contribution in [3.8, 4) is 0 Å². The lowest BCUT2D eigenvalue weighted by Gasteiger charge is -2.35. The van der Waals surface area contributed by atoms with Crippen molar-refractivity contribution in [3.05, 3.63) is 93.7 Å². The molecule has 3 aromatic rings. The zero-order valence-corrected chi connectivity index (χ0v) is 18.5. The van der Waals surface area contributed by atoms with Crippen molar-refractivity contribution >= 4 is 46.5 Å². The van der Waals surface area contributed by atoms with E-state index in [1.165, 1.54) is 18.2 Å². The molecule has 4 rings (SSSR count). The number of anilines is 2. The normalized spacial score (nSPS) is 13.9. The predicted octanol–water partition coefficient (Wildman–Crippen LogP) is 6.22. The molecule has 32 heavy (non-hydrogen) atoms. The van der Waals surface area contributed by atoms with Crippen LogP contribution < -0.4 is 10.2 Å². The Morgan fingerprint density at radius 2 is 1.66 bits per heavy atom. The van der Waals surface area contributed by atoms with Gasteiger partial charge in [-0.25, -0.2) is 9.18 Å². The average molecular weight is 472 g/mol. The minimum absolute atomic E-state index is 0.104. The van der Waals surface area contributed by atoms with Gasteiger partial charge >= 0.3 is 6.03 Å². The van der Waals surface area contributed by atoms with Crippen molar-refractivity contribution in [2.75, 3.05) is 23.3 Å². The van der Waals surface area contributed by atoms with Crippen LogP contribution in [0.25, 0.3) is 0 Å². The molecular weight excluding hydrogens is 452 g/mol. The summed E-state index contributed by atoms with van der Waals surface area (Å²) in [5.41, 5.74) is 2.61. The molecule has 0 radical (unpaired) electrons. The number of hydrogen-bond acceptors (Lipinski definition) is 2. The SMILES string of the molecule is O=C(Nc1ccc(N2CCCN(Cc3ccc(F)cc3)C2=O)cc1)c1ccc(Cl)c(Cl)c1. The number of benzene rings is 3. The molecule has 0 atom stereocenters. The second-order valence-corrected chi connectivity index (χ2v) is 8.28. The van der Waals surface area contributed by atoms with Crippen molar-refractivity contribution in [1.29, 1.82) is 0 Å². The Kier molecular flexibility index (Phi) is 6.63. The molecule has 0 spiro atoms. The van der Waals surface area contributed by atoms with E-state index in [-0.39, 0.29) is 17.8 Å². The molecule has 1 aliphatic heterocycles. The highest BCUT2D eigenvalue weighted by molar-refractivity contribution is 6.42. The fraction of sp³-hybridized carbons (Fsp3) is 0.167. The summed E-state index contributed by atoms with van der Waals surface area (Å²) in [6.07, 6.45) is 0.822. The molecule has 1 aliphatic rings. The van der Waals surface area contributed by atoms with Gasteiger partial charge in [0.25, 0.3) is 5.91 Å². The average Bonchev–Trinajstić information content (AvgIpc) is 2.79. The van der Waals surface area contributed by atoms with Crippen LogP contribution in [0.2, 0.25) is 10.0 Å². The topological polar surface area (TPSA) is 52.7 Å². The van der Waals surface area contributed by atoms with E-state index in [2.05, 4.69) is 5.32 Å². The highest BCUT2D eigenvalue weighted by Crippen LogP contribution is 2.25. The van der Waals surface area contributed by atoms with Gasteiger partial charge in [-0.1, -0.05) is 35.3 Å². The van der Waals surface area contributed by atoms with Crippen LogP contribution in [-0.4, -0.2) is 29.9 Å². The number of nitrogens with one attached hydrogen (secondary N) is 1. The van der Waals surface area contributed by atoms with Crippen LogP contribution in [0.15, 0.2) is 66.7 Å². The molecule has 0 aromatic heterocycles. The van der Waals surface area contributed by atoms with Crippen LogP contribution in [0.1, 0.15) is 22.3 Å². The first-order valence-corrected chi connectivity index (χ1v) is 10.8. The van der Waals surface area contributed by atoms with Gasteiger partial charge in [0.2, 0.25) is 0 Å². The fourth-order valence-electron chi connectivity index (χ4n) is 3.54. The second kappa shape index (κ2) is 9.59. The van der Waals surface area contributed by atoms with Crippen LogP contribution in [0.4, 0.5) is 20.6 Å². The highest BCUT2D eigenvalue weighted by atomic mass is 35.5. The first kappa shape index (κ1) is 22.1.